The lowest BCUT2D eigenvalue weighted by molar-refractivity contribution is -0.113. The molecule has 0 saturated carbocycles. The molecular formula is C22H18ClN3OS. The van der Waals surface area contributed by atoms with Crippen molar-refractivity contribution in [2.75, 3.05) is 11.1 Å². The van der Waals surface area contributed by atoms with Gasteiger partial charge in [-0.25, -0.2) is 4.98 Å². The number of para-hydroxylation sites is 2. The second-order valence-electron chi connectivity index (χ2n) is 6.35. The van der Waals surface area contributed by atoms with Crippen LogP contribution in [0.25, 0.3) is 22.4 Å². The molecule has 0 radical (unpaired) electrons. The van der Waals surface area contributed by atoms with Crippen LogP contribution >= 0.6 is 23.4 Å². The first kappa shape index (κ1) is 18.6. The molecule has 4 aromatic rings. The van der Waals surface area contributed by atoms with Gasteiger partial charge < -0.3 is 10.3 Å². The highest BCUT2D eigenvalue weighted by Gasteiger charge is 2.07. The van der Waals surface area contributed by atoms with E-state index in [1.807, 2.05) is 72.8 Å². The second kappa shape index (κ2) is 8.50. The Labute approximate surface area is 172 Å². The zero-order valence-electron chi connectivity index (χ0n) is 15.0. The van der Waals surface area contributed by atoms with Crippen molar-refractivity contribution in [1.82, 2.24) is 9.97 Å². The van der Waals surface area contributed by atoms with Crippen LogP contribution in [0.15, 0.2) is 72.8 Å². The fraction of sp³-hybridized carbons (Fsp3) is 0.0909. The minimum absolute atomic E-state index is 0.0245. The number of anilines is 1. The molecule has 140 valence electrons. The molecule has 0 aliphatic heterocycles. The minimum atomic E-state index is -0.0245. The van der Waals surface area contributed by atoms with E-state index in [1.54, 1.807) is 11.8 Å². The van der Waals surface area contributed by atoms with E-state index in [0.29, 0.717) is 10.8 Å². The number of fused-ring (bicyclic) bond motifs is 1. The van der Waals surface area contributed by atoms with Crippen molar-refractivity contribution in [3.63, 3.8) is 0 Å². The number of nitrogens with zero attached hydrogens (tertiary/aromatic N) is 1. The van der Waals surface area contributed by atoms with Crippen LogP contribution < -0.4 is 5.32 Å². The quantitative estimate of drug-likeness (QED) is 0.427. The van der Waals surface area contributed by atoms with Gasteiger partial charge in [0.05, 0.1) is 16.8 Å². The summed E-state index contributed by atoms with van der Waals surface area (Å²) in [5, 5.41) is 3.64. The van der Waals surface area contributed by atoms with Crippen molar-refractivity contribution < 1.29 is 4.79 Å². The second-order valence-corrected chi connectivity index (χ2v) is 7.77. The maximum Gasteiger partial charge on any atom is 0.234 e. The molecule has 4 rings (SSSR count). The lowest BCUT2D eigenvalue weighted by Crippen LogP contribution is -2.14. The summed E-state index contributed by atoms with van der Waals surface area (Å²) in [5.41, 5.74) is 4.80. The zero-order chi connectivity index (χ0) is 19.3. The SMILES string of the molecule is O=C(CSCc1cccc(Cl)c1)Nc1ccc(-c2nc3ccccc3[nH]2)cc1. The molecule has 28 heavy (non-hydrogen) atoms. The van der Waals surface area contributed by atoms with Gasteiger partial charge in [-0.05, 0) is 54.1 Å². The van der Waals surface area contributed by atoms with E-state index in [-0.39, 0.29) is 5.91 Å². The number of aromatic amines is 1. The first-order valence-electron chi connectivity index (χ1n) is 8.84. The summed E-state index contributed by atoms with van der Waals surface area (Å²) in [7, 11) is 0. The van der Waals surface area contributed by atoms with E-state index in [0.717, 1.165) is 39.4 Å². The van der Waals surface area contributed by atoms with Crippen LogP contribution in [0.4, 0.5) is 5.69 Å². The predicted octanol–water partition coefficient (Wildman–Crippen LogP) is 5.76. The molecule has 3 aromatic carbocycles. The van der Waals surface area contributed by atoms with Gasteiger partial charge in [-0.15, -0.1) is 11.8 Å². The number of H-pyrrole nitrogens is 1. The van der Waals surface area contributed by atoms with E-state index in [1.165, 1.54) is 0 Å². The number of carbonyl (C=O) groups excluding carboxylic acids is 1. The molecule has 0 spiro atoms. The predicted molar refractivity (Wildman–Crippen MR) is 118 cm³/mol. The molecule has 0 aliphatic rings. The van der Waals surface area contributed by atoms with Gasteiger partial charge in [0.2, 0.25) is 5.91 Å². The molecule has 0 atom stereocenters. The fourth-order valence-electron chi connectivity index (χ4n) is 2.89. The summed E-state index contributed by atoms with van der Waals surface area (Å²) in [4.78, 5) is 20.1. The average molecular weight is 408 g/mol. The van der Waals surface area contributed by atoms with Gasteiger partial charge in [0, 0.05) is 22.0 Å². The average Bonchev–Trinajstić information content (AvgIpc) is 3.13. The smallest absolute Gasteiger partial charge is 0.234 e. The van der Waals surface area contributed by atoms with E-state index in [9.17, 15) is 4.79 Å². The summed E-state index contributed by atoms with van der Waals surface area (Å²) in [6.45, 7) is 0. The minimum Gasteiger partial charge on any atom is -0.338 e. The van der Waals surface area contributed by atoms with E-state index >= 15 is 0 Å². The van der Waals surface area contributed by atoms with Gasteiger partial charge in [0.1, 0.15) is 5.82 Å². The Hall–Kier alpha value is -2.76. The number of halogens is 1. The van der Waals surface area contributed by atoms with Crippen molar-refractivity contribution >= 4 is 46.0 Å². The number of carbonyl (C=O) groups is 1. The highest BCUT2D eigenvalue weighted by molar-refractivity contribution is 7.99. The third-order valence-corrected chi connectivity index (χ3v) is 5.46. The summed E-state index contributed by atoms with van der Waals surface area (Å²) in [6, 6.07) is 23.3. The first-order valence-corrected chi connectivity index (χ1v) is 10.4. The van der Waals surface area contributed by atoms with Crippen molar-refractivity contribution in [2.24, 2.45) is 0 Å². The number of benzene rings is 3. The number of rotatable bonds is 6. The summed E-state index contributed by atoms with van der Waals surface area (Å²) < 4.78 is 0. The van der Waals surface area contributed by atoms with Crippen molar-refractivity contribution in [1.29, 1.82) is 0 Å². The molecule has 0 unspecified atom stereocenters. The number of thioether (sulfide) groups is 1. The number of hydrogen-bond acceptors (Lipinski definition) is 3. The Morgan fingerprint density at radius 2 is 1.86 bits per heavy atom. The van der Waals surface area contributed by atoms with Crippen LogP contribution in [0.3, 0.4) is 0 Å². The Balaban J connectivity index is 1.33. The van der Waals surface area contributed by atoms with Gasteiger partial charge in [-0.1, -0.05) is 35.9 Å². The van der Waals surface area contributed by atoms with Crippen molar-refractivity contribution in [3.8, 4) is 11.4 Å². The van der Waals surface area contributed by atoms with Gasteiger partial charge >= 0.3 is 0 Å². The maximum atomic E-state index is 12.2. The Bertz CT molecular complexity index is 1080. The monoisotopic (exact) mass is 407 g/mol. The number of amides is 1. The highest BCUT2D eigenvalue weighted by Crippen LogP contribution is 2.22. The van der Waals surface area contributed by atoms with Crippen LogP contribution in [-0.2, 0) is 10.5 Å². The third-order valence-electron chi connectivity index (χ3n) is 4.22. The van der Waals surface area contributed by atoms with Crippen LogP contribution in [-0.4, -0.2) is 21.6 Å². The highest BCUT2D eigenvalue weighted by atomic mass is 35.5. The van der Waals surface area contributed by atoms with Crippen LogP contribution in [0.5, 0.6) is 0 Å². The van der Waals surface area contributed by atoms with Crippen LogP contribution in [0, 0.1) is 0 Å². The third kappa shape index (κ3) is 4.55. The largest absolute Gasteiger partial charge is 0.338 e. The molecule has 0 bridgehead atoms. The summed E-state index contributed by atoms with van der Waals surface area (Å²) in [5.74, 6) is 1.93. The molecule has 0 saturated heterocycles. The molecule has 0 fully saturated rings. The summed E-state index contributed by atoms with van der Waals surface area (Å²) >= 11 is 7.54. The van der Waals surface area contributed by atoms with Crippen LogP contribution in [0.2, 0.25) is 5.02 Å². The molecular weight excluding hydrogens is 390 g/mol. The molecule has 1 heterocycles. The van der Waals surface area contributed by atoms with E-state index in [4.69, 9.17) is 11.6 Å². The topological polar surface area (TPSA) is 57.8 Å². The number of nitrogens with one attached hydrogen (secondary N) is 2. The van der Waals surface area contributed by atoms with E-state index < -0.39 is 0 Å². The molecule has 4 nitrogen and oxygen atoms in total. The van der Waals surface area contributed by atoms with Crippen molar-refractivity contribution in [2.45, 2.75) is 5.75 Å². The van der Waals surface area contributed by atoms with Gasteiger partial charge in [0.25, 0.3) is 0 Å². The van der Waals surface area contributed by atoms with Gasteiger partial charge in [-0.3, -0.25) is 4.79 Å². The number of imidazole rings is 1. The number of hydrogen-bond donors (Lipinski definition) is 2. The van der Waals surface area contributed by atoms with Crippen molar-refractivity contribution in [3.05, 3.63) is 83.4 Å². The zero-order valence-corrected chi connectivity index (χ0v) is 16.6. The Kier molecular flexibility index (Phi) is 5.65. The summed E-state index contributed by atoms with van der Waals surface area (Å²) in [6.07, 6.45) is 0. The lowest BCUT2D eigenvalue weighted by Gasteiger charge is -2.06. The first-order chi connectivity index (χ1) is 13.7. The van der Waals surface area contributed by atoms with E-state index in [2.05, 4.69) is 15.3 Å². The maximum absolute atomic E-state index is 12.2. The molecule has 2 N–H and O–H groups in total. The molecule has 1 aromatic heterocycles. The Morgan fingerprint density at radius 3 is 2.64 bits per heavy atom. The molecule has 0 aliphatic carbocycles. The lowest BCUT2D eigenvalue weighted by atomic mass is 10.2. The Morgan fingerprint density at radius 1 is 1.04 bits per heavy atom. The standard InChI is InChI=1S/C22H18ClN3OS/c23-17-5-3-4-15(12-17)13-28-14-21(27)24-18-10-8-16(9-11-18)22-25-19-6-1-2-7-20(19)26-22/h1-12H,13-14H2,(H,24,27)(H,25,26). The number of aromatic nitrogens is 2. The molecule has 1 amide bonds. The van der Waals surface area contributed by atoms with Gasteiger partial charge in [-0.2, -0.15) is 0 Å². The molecule has 6 heteroatoms. The normalized spacial score (nSPS) is 10.9. The van der Waals surface area contributed by atoms with Gasteiger partial charge in [0.15, 0.2) is 0 Å². The van der Waals surface area contributed by atoms with Crippen LogP contribution in [0.1, 0.15) is 5.56 Å². The fourth-order valence-corrected chi connectivity index (χ4v) is 3.87.